The zero-order valence-electron chi connectivity index (χ0n) is 7.64. The lowest BCUT2D eigenvalue weighted by Gasteiger charge is -2.14. The second-order valence-electron chi connectivity index (χ2n) is 3.02. The molecule has 4 nitrogen and oxygen atoms in total. The molecule has 1 rings (SSSR count). The van der Waals surface area contributed by atoms with E-state index >= 15 is 0 Å². The van der Waals surface area contributed by atoms with Crippen LogP contribution in [0.25, 0.3) is 0 Å². The van der Waals surface area contributed by atoms with Crippen LogP contribution in [-0.4, -0.2) is 28.4 Å². The van der Waals surface area contributed by atoms with E-state index in [1.165, 1.54) is 4.90 Å². The van der Waals surface area contributed by atoms with Crippen LogP contribution in [0.15, 0.2) is 12.3 Å². The Morgan fingerprint density at radius 3 is 2.79 bits per heavy atom. The van der Waals surface area contributed by atoms with Crippen LogP contribution in [-0.2, 0) is 9.59 Å². The van der Waals surface area contributed by atoms with Crippen LogP contribution in [0, 0.1) is 18.3 Å². The molecule has 0 aliphatic carbocycles. The Hall–Kier alpha value is -1.76. The average molecular weight is 193 g/mol. The van der Waals surface area contributed by atoms with E-state index in [9.17, 15) is 9.59 Å². The lowest BCUT2D eigenvalue weighted by molar-refractivity contribution is -0.143. The summed E-state index contributed by atoms with van der Waals surface area (Å²) in [4.78, 5) is 23.5. The fourth-order valence-electron chi connectivity index (χ4n) is 1.21. The molecule has 0 aromatic heterocycles. The summed E-state index contributed by atoms with van der Waals surface area (Å²) in [5.74, 6) is -0.286. The highest BCUT2D eigenvalue weighted by Gasteiger charge is 2.22. The van der Waals surface area contributed by atoms with Gasteiger partial charge in [0, 0.05) is 12.7 Å². The summed E-state index contributed by atoms with van der Waals surface area (Å²) >= 11 is 0. The molecular formula is C10H11NO3. The predicted octanol–water partition coefficient (Wildman–Crippen LogP) is 0.457. The third-order valence-corrected chi connectivity index (χ3v) is 2.02. The summed E-state index contributed by atoms with van der Waals surface area (Å²) in [5, 5.41) is 8.63. The molecule has 0 saturated heterocycles. The van der Waals surface area contributed by atoms with Gasteiger partial charge >= 0.3 is 5.97 Å². The first-order valence-corrected chi connectivity index (χ1v) is 4.30. The van der Waals surface area contributed by atoms with Crippen molar-refractivity contribution in [1.29, 1.82) is 0 Å². The van der Waals surface area contributed by atoms with Gasteiger partial charge in [0.15, 0.2) is 0 Å². The molecule has 14 heavy (non-hydrogen) atoms. The second-order valence-corrected chi connectivity index (χ2v) is 3.02. The van der Waals surface area contributed by atoms with E-state index in [4.69, 9.17) is 11.5 Å². The van der Waals surface area contributed by atoms with Gasteiger partial charge in [-0.3, -0.25) is 9.59 Å². The SMILES string of the molecule is C#CC(CC(=O)N1C=CCC1)C(=O)O. The zero-order valence-corrected chi connectivity index (χ0v) is 7.64. The maximum Gasteiger partial charge on any atom is 0.319 e. The van der Waals surface area contributed by atoms with Crippen molar-refractivity contribution in [2.75, 3.05) is 6.54 Å². The summed E-state index contributed by atoms with van der Waals surface area (Å²) in [5.41, 5.74) is 0. The van der Waals surface area contributed by atoms with Crippen molar-refractivity contribution >= 4 is 11.9 Å². The number of carbonyl (C=O) groups excluding carboxylic acids is 1. The van der Waals surface area contributed by atoms with Crippen LogP contribution in [0.4, 0.5) is 0 Å². The minimum Gasteiger partial charge on any atom is -0.480 e. The molecule has 1 heterocycles. The fourth-order valence-corrected chi connectivity index (χ4v) is 1.21. The Labute approximate surface area is 82.2 Å². The average Bonchev–Trinajstić information content (AvgIpc) is 2.65. The smallest absolute Gasteiger partial charge is 0.319 e. The Bertz CT molecular complexity index is 314. The topological polar surface area (TPSA) is 57.6 Å². The Morgan fingerprint density at radius 1 is 1.64 bits per heavy atom. The van der Waals surface area contributed by atoms with Crippen LogP contribution in [0.5, 0.6) is 0 Å². The fraction of sp³-hybridized carbons (Fsp3) is 0.400. The number of amides is 1. The second kappa shape index (κ2) is 4.47. The van der Waals surface area contributed by atoms with E-state index in [1.54, 1.807) is 6.20 Å². The summed E-state index contributed by atoms with van der Waals surface area (Å²) in [6.45, 7) is 0.621. The monoisotopic (exact) mass is 193 g/mol. The minimum absolute atomic E-state index is 0.129. The Morgan fingerprint density at radius 2 is 2.36 bits per heavy atom. The molecule has 0 spiro atoms. The highest BCUT2D eigenvalue weighted by Crippen LogP contribution is 2.10. The van der Waals surface area contributed by atoms with Gasteiger partial charge in [-0.1, -0.05) is 12.0 Å². The van der Waals surface area contributed by atoms with E-state index in [0.29, 0.717) is 6.54 Å². The molecule has 1 aliphatic heterocycles. The van der Waals surface area contributed by atoms with E-state index in [2.05, 4.69) is 5.92 Å². The lowest BCUT2D eigenvalue weighted by Crippen LogP contribution is -2.27. The molecule has 0 radical (unpaired) electrons. The number of nitrogens with zero attached hydrogens (tertiary/aromatic N) is 1. The van der Waals surface area contributed by atoms with Gasteiger partial charge in [0.05, 0.1) is 6.42 Å². The standard InChI is InChI=1S/C10H11NO3/c1-2-8(10(13)14)7-9(12)11-5-3-4-6-11/h1,3,5,8H,4,6-7H2,(H,13,14). The largest absolute Gasteiger partial charge is 0.480 e. The number of hydrogen-bond acceptors (Lipinski definition) is 2. The van der Waals surface area contributed by atoms with E-state index < -0.39 is 11.9 Å². The summed E-state index contributed by atoms with van der Waals surface area (Å²) in [6.07, 6.45) is 9.22. The van der Waals surface area contributed by atoms with Crippen molar-refractivity contribution in [2.24, 2.45) is 5.92 Å². The number of hydrogen-bond donors (Lipinski definition) is 1. The van der Waals surface area contributed by atoms with Crippen LogP contribution in [0.2, 0.25) is 0 Å². The first kappa shape index (κ1) is 10.3. The van der Waals surface area contributed by atoms with Gasteiger partial charge in [0.2, 0.25) is 5.91 Å². The highest BCUT2D eigenvalue weighted by molar-refractivity contribution is 5.84. The number of carboxylic acids is 1. The van der Waals surface area contributed by atoms with Gasteiger partial charge in [0.1, 0.15) is 5.92 Å². The van der Waals surface area contributed by atoms with Crippen LogP contribution >= 0.6 is 0 Å². The van der Waals surface area contributed by atoms with Crippen molar-refractivity contribution < 1.29 is 14.7 Å². The van der Waals surface area contributed by atoms with E-state index in [0.717, 1.165) is 6.42 Å². The van der Waals surface area contributed by atoms with Gasteiger partial charge in [0.25, 0.3) is 0 Å². The minimum atomic E-state index is -1.12. The summed E-state index contributed by atoms with van der Waals surface area (Å²) in [7, 11) is 0. The number of aliphatic carboxylic acids is 1. The van der Waals surface area contributed by atoms with Crippen LogP contribution in [0.1, 0.15) is 12.8 Å². The van der Waals surface area contributed by atoms with E-state index in [-0.39, 0.29) is 12.3 Å². The maximum atomic E-state index is 11.4. The molecule has 0 aromatic rings. The van der Waals surface area contributed by atoms with E-state index in [1.807, 2.05) is 6.08 Å². The molecule has 0 aromatic carbocycles. The molecule has 1 atom stereocenters. The predicted molar refractivity (Wildman–Crippen MR) is 50.0 cm³/mol. The maximum absolute atomic E-state index is 11.4. The molecule has 4 heteroatoms. The highest BCUT2D eigenvalue weighted by atomic mass is 16.4. The van der Waals surface area contributed by atoms with Gasteiger partial charge in [-0.15, -0.1) is 6.42 Å². The molecule has 1 unspecified atom stereocenters. The quantitative estimate of drug-likeness (QED) is 0.662. The summed E-state index contributed by atoms with van der Waals surface area (Å²) < 4.78 is 0. The normalized spacial score (nSPS) is 16.4. The molecule has 0 fully saturated rings. The van der Waals surface area contributed by atoms with Crippen molar-refractivity contribution in [3.8, 4) is 12.3 Å². The van der Waals surface area contributed by atoms with Crippen molar-refractivity contribution in [1.82, 2.24) is 4.90 Å². The first-order chi connectivity index (χ1) is 6.65. The van der Waals surface area contributed by atoms with Gasteiger partial charge in [-0.05, 0) is 6.42 Å². The molecule has 0 saturated carbocycles. The number of carbonyl (C=O) groups is 2. The molecule has 74 valence electrons. The molecule has 1 aliphatic rings. The van der Waals surface area contributed by atoms with Gasteiger partial charge in [-0.25, -0.2) is 0 Å². The first-order valence-electron chi connectivity index (χ1n) is 4.30. The van der Waals surface area contributed by atoms with Gasteiger partial charge < -0.3 is 10.0 Å². The van der Waals surface area contributed by atoms with Crippen LogP contribution in [0.3, 0.4) is 0 Å². The third kappa shape index (κ3) is 2.36. The Balaban J connectivity index is 2.51. The number of carboxylic acid groups (broad SMARTS) is 1. The van der Waals surface area contributed by atoms with Crippen molar-refractivity contribution in [2.45, 2.75) is 12.8 Å². The van der Waals surface area contributed by atoms with Gasteiger partial charge in [-0.2, -0.15) is 0 Å². The molecule has 0 bridgehead atoms. The lowest BCUT2D eigenvalue weighted by atomic mass is 10.1. The number of rotatable bonds is 3. The van der Waals surface area contributed by atoms with Crippen molar-refractivity contribution in [3.63, 3.8) is 0 Å². The van der Waals surface area contributed by atoms with Crippen molar-refractivity contribution in [3.05, 3.63) is 12.3 Å². The zero-order chi connectivity index (χ0) is 10.6. The summed E-state index contributed by atoms with van der Waals surface area (Å²) in [6, 6.07) is 0. The third-order valence-electron chi connectivity index (χ3n) is 2.02. The van der Waals surface area contributed by atoms with Crippen LogP contribution < -0.4 is 0 Å². The molecule has 1 amide bonds. The molecular weight excluding hydrogens is 182 g/mol. The number of terminal acetylenes is 1. The molecule has 1 N–H and O–H groups in total. The Kier molecular flexibility index (Phi) is 3.29.